The minimum absolute atomic E-state index is 0.0880. The van der Waals surface area contributed by atoms with Crippen LogP contribution in [0, 0.1) is 5.92 Å². The summed E-state index contributed by atoms with van der Waals surface area (Å²) in [6, 6.07) is 15.1. The third kappa shape index (κ3) is 4.22. The fourth-order valence-corrected chi connectivity index (χ4v) is 5.16. The van der Waals surface area contributed by atoms with Crippen LogP contribution in [0.5, 0.6) is 0 Å². The number of aliphatic carboxylic acids is 1. The van der Waals surface area contributed by atoms with Gasteiger partial charge in [-0.25, -0.2) is 13.6 Å². The zero-order valence-electron chi connectivity index (χ0n) is 18.7. The molecule has 35 heavy (non-hydrogen) atoms. The van der Waals surface area contributed by atoms with E-state index in [1.165, 1.54) is 0 Å². The first kappa shape index (κ1) is 23.2. The van der Waals surface area contributed by atoms with Gasteiger partial charge in [0.1, 0.15) is 12.5 Å². The number of ether oxygens (including phenoxy) is 2. The first-order valence-electron chi connectivity index (χ1n) is 11.4. The molecule has 2 fully saturated rings. The van der Waals surface area contributed by atoms with Gasteiger partial charge in [0.05, 0.1) is 12.6 Å². The van der Waals surface area contributed by atoms with Gasteiger partial charge in [0, 0.05) is 19.1 Å². The number of rotatable bonds is 5. The highest BCUT2D eigenvalue weighted by molar-refractivity contribution is 5.85. The molecule has 0 aromatic heterocycles. The van der Waals surface area contributed by atoms with Crippen molar-refractivity contribution in [1.82, 2.24) is 10.2 Å². The summed E-state index contributed by atoms with van der Waals surface area (Å²) in [5.41, 5.74) is 4.30. The van der Waals surface area contributed by atoms with E-state index in [9.17, 15) is 23.2 Å². The highest BCUT2D eigenvalue weighted by atomic mass is 19.3. The van der Waals surface area contributed by atoms with Gasteiger partial charge >= 0.3 is 12.1 Å². The Bertz CT molecular complexity index is 1130. The molecular weight excluding hydrogens is 462 g/mol. The fraction of sp³-hybridized carbons (Fsp3) is 0.400. The average molecular weight is 486 g/mol. The maximum atomic E-state index is 14.0. The third-order valence-electron chi connectivity index (χ3n) is 6.91. The van der Waals surface area contributed by atoms with E-state index in [1.54, 1.807) is 0 Å². The lowest BCUT2D eigenvalue weighted by molar-refractivity contribution is -0.151. The summed E-state index contributed by atoms with van der Waals surface area (Å²) in [6.07, 6.45) is -1.62. The van der Waals surface area contributed by atoms with Gasteiger partial charge in [0.15, 0.2) is 6.10 Å². The number of hydrogen-bond donors (Lipinski definition) is 2. The molecule has 5 rings (SSSR count). The molecule has 184 valence electrons. The summed E-state index contributed by atoms with van der Waals surface area (Å²) in [4.78, 5) is 37.3. The van der Waals surface area contributed by atoms with Crippen LogP contribution < -0.4 is 5.32 Å². The van der Waals surface area contributed by atoms with Crippen molar-refractivity contribution in [2.45, 2.75) is 30.4 Å². The number of nitrogens with zero attached hydrogens (tertiary/aromatic N) is 1. The van der Waals surface area contributed by atoms with Gasteiger partial charge < -0.3 is 24.8 Å². The molecule has 2 saturated heterocycles. The van der Waals surface area contributed by atoms with E-state index >= 15 is 0 Å². The van der Waals surface area contributed by atoms with Crippen molar-refractivity contribution in [3.8, 4) is 11.1 Å². The summed E-state index contributed by atoms with van der Waals surface area (Å²) < 4.78 is 39.0. The number of carbonyl (C=O) groups is 3. The first-order valence-corrected chi connectivity index (χ1v) is 11.4. The highest BCUT2D eigenvalue weighted by Gasteiger charge is 2.55. The summed E-state index contributed by atoms with van der Waals surface area (Å²) in [5.74, 6) is -8.07. The number of benzene rings is 2. The van der Waals surface area contributed by atoms with Crippen molar-refractivity contribution < 1.29 is 37.7 Å². The standard InChI is InChI=1S/C25H24F2N2O6/c26-25(27)13-29(11-19(25)23(31)32)22(30)21-20(9-10-34-21)28-24(33)35-12-18-16-7-3-1-5-14(16)15-6-2-4-8-17(15)18/h1-8,18-21H,9-13H2,(H,28,33)(H,31,32)/t19?,20-,21+/m0/s1. The zero-order chi connectivity index (χ0) is 24.7. The monoisotopic (exact) mass is 486 g/mol. The first-order chi connectivity index (χ1) is 16.8. The number of amides is 2. The number of fused-ring (bicyclic) bond motifs is 3. The zero-order valence-corrected chi connectivity index (χ0v) is 18.7. The molecule has 8 nitrogen and oxygen atoms in total. The quantitative estimate of drug-likeness (QED) is 0.674. The average Bonchev–Trinajstić information content (AvgIpc) is 3.51. The maximum absolute atomic E-state index is 14.0. The van der Waals surface area contributed by atoms with Gasteiger partial charge in [-0.05, 0) is 28.7 Å². The number of halogens is 2. The molecule has 2 aliphatic heterocycles. The Morgan fingerprint density at radius 2 is 1.71 bits per heavy atom. The lowest BCUT2D eigenvalue weighted by Gasteiger charge is -2.24. The highest BCUT2D eigenvalue weighted by Crippen LogP contribution is 2.44. The summed E-state index contributed by atoms with van der Waals surface area (Å²) in [5, 5.41) is 11.7. The number of alkyl halides is 2. The van der Waals surface area contributed by atoms with Crippen LogP contribution in [-0.2, 0) is 19.1 Å². The minimum atomic E-state index is -3.53. The normalized spacial score (nSPS) is 24.6. The Morgan fingerprint density at radius 3 is 2.31 bits per heavy atom. The number of nitrogens with one attached hydrogen (secondary N) is 1. The van der Waals surface area contributed by atoms with Crippen LogP contribution in [0.1, 0.15) is 23.5 Å². The second-order valence-corrected chi connectivity index (χ2v) is 9.03. The number of carboxylic acid groups (broad SMARTS) is 1. The smallest absolute Gasteiger partial charge is 0.407 e. The lowest BCUT2D eigenvalue weighted by Crippen LogP contribution is -2.49. The molecular formula is C25H24F2N2O6. The molecule has 2 N–H and O–H groups in total. The molecule has 2 heterocycles. The summed E-state index contributed by atoms with van der Waals surface area (Å²) in [6.45, 7) is -1.37. The van der Waals surface area contributed by atoms with Crippen molar-refractivity contribution in [2.75, 3.05) is 26.3 Å². The van der Waals surface area contributed by atoms with Crippen LogP contribution in [0.3, 0.4) is 0 Å². The van der Waals surface area contributed by atoms with Crippen molar-refractivity contribution in [3.05, 3.63) is 59.7 Å². The largest absolute Gasteiger partial charge is 0.481 e. The molecule has 0 bridgehead atoms. The van der Waals surface area contributed by atoms with Crippen LogP contribution in [0.15, 0.2) is 48.5 Å². The fourth-order valence-electron chi connectivity index (χ4n) is 5.16. The predicted molar refractivity (Wildman–Crippen MR) is 119 cm³/mol. The van der Waals surface area contributed by atoms with E-state index in [2.05, 4.69) is 5.32 Å². The molecule has 2 amide bonds. The number of likely N-dealkylation sites (tertiary alicyclic amines) is 1. The number of carbonyl (C=O) groups excluding carboxylic acids is 2. The molecule has 10 heteroatoms. The Balaban J connectivity index is 1.21. The van der Waals surface area contributed by atoms with E-state index in [0.717, 1.165) is 27.2 Å². The van der Waals surface area contributed by atoms with Gasteiger partial charge in [-0.1, -0.05) is 48.5 Å². The lowest BCUT2D eigenvalue weighted by atomic mass is 9.98. The van der Waals surface area contributed by atoms with E-state index in [-0.39, 0.29) is 19.1 Å². The Kier molecular flexibility index (Phi) is 5.92. The van der Waals surface area contributed by atoms with Crippen LogP contribution in [0.4, 0.5) is 13.6 Å². The van der Waals surface area contributed by atoms with E-state index in [4.69, 9.17) is 14.6 Å². The van der Waals surface area contributed by atoms with Crippen molar-refractivity contribution in [2.24, 2.45) is 5.92 Å². The molecule has 0 radical (unpaired) electrons. The molecule has 0 spiro atoms. The van der Waals surface area contributed by atoms with Gasteiger partial charge in [0.2, 0.25) is 0 Å². The maximum Gasteiger partial charge on any atom is 0.407 e. The Labute approximate surface area is 199 Å². The molecule has 2 aromatic carbocycles. The molecule has 1 aliphatic carbocycles. The van der Waals surface area contributed by atoms with Crippen LogP contribution >= 0.6 is 0 Å². The SMILES string of the molecule is O=C(N[C@H]1CCO[C@H]1C(=O)N1CC(C(=O)O)C(F)(F)C1)OCC1c2ccccc2-c2ccccc21. The minimum Gasteiger partial charge on any atom is -0.481 e. The Morgan fingerprint density at radius 1 is 1.09 bits per heavy atom. The molecule has 2 aromatic rings. The Hall–Kier alpha value is -3.53. The van der Waals surface area contributed by atoms with Crippen LogP contribution in [0.25, 0.3) is 11.1 Å². The van der Waals surface area contributed by atoms with Crippen LogP contribution in [0.2, 0.25) is 0 Å². The van der Waals surface area contributed by atoms with Gasteiger partial charge in [-0.15, -0.1) is 0 Å². The number of alkyl carbamates (subject to hydrolysis) is 1. The number of hydrogen-bond acceptors (Lipinski definition) is 5. The van der Waals surface area contributed by atoms with E-state index in [0.29, 0.717) is 6.42 Å². The molecule has 3 atom stereocenters. The third-order valence-corrected chi connectivity index (χ3v) is 6.91. The van der Waals surface area contributed by atoms with Crippen molar-refractivity contribution in [1.29, 1.82) is 0 Å². The summed E-state index contributed by atoms with van der Waals surface area (Å²) >= 11 is 0. The number of carboxylic acids is 1. The predicted octanol–water partition coefficient (Wildman–Crippen LogP) is 2.86. The second kappa shape index (κ2) is 8.92. The van der Waals surface area contributed by atoms with Crippen molar-refractivity contribution in [3.63, 3.8) is 0 Å². The van der Waals surface area contributed by atoms with E-state index in [1.807, 2.05) is 48.5 Å². The van der Waals surface area contributed by atoms with Crippen molar-refractivity contribution >= 4 is 18.0 Å². The molecule has 0 saturated carbocycles. The topological polar surface area (TPSA) is 105 Å². The van der Waals surface area contributed by atoms with Crippen LogP contribution in [-0.4, -0.2) is 72.3 Å². The van der Waals surface area contributed by atoms with Gasteiger partial charge in [-0.3, -0.25) is 9.59 Å². The second-order valence-electron chi connectivity index (χ2n) is 9.03. The molecule has 3 aliphatic rings. The van der Waals surface area contributed by atoms with Gasteiger partial charge in [0.25, 0.3) is 11.8 Å². The summed E-state index contributed by atoms with van der Waals surface area (Å²) in [7, 11) is 0. The molecule has 1 unspecified atom stereocenters. The van der Waals surface area contributed by atoms with E-state index < -0.39 is 55.0 Å². The van der Waals surface area contributed by atoms with Gasteiger partial charge in [-0.2, -0.15) is 0 Å².